The smallest absolute Gasteiger partial charge is 0.255 e. The maximum atomic E-state index is 12.9. The lowest BCUT2D eigenvalue weighted by Gasteiger charge is -2.45. The number of hydrogen-bond donors (Lipinski definition) is 0. The number of aromatic nitrogens is 3. The van der Waals surface area contributed by atoms with E-state index >= 15 is 0 Å². The van der Waals surface area contributed by atoms with Gasteiger partial charge in [0.25, 0.3) is 5.56 Å². The first-order chi connectivity index (χ1) is 14.3. The summed E-state index contributed by atoms with van der Waals surface area (Å²) < 4.78 is 7.99. The van der Waals surface area contributed by atoms with E-state index < -0.39 is 0 Å². The molecular formula is C23H24N4O2. The van der Waals surface area contributed by atoms with E-state index in [0.29, 0.717) is 18.8 Å². The molecule has 0 unspecified atom stereocenters. The lowest BCUT2D eigenvalue weighted by Crippen LogP contribution is -2.51. The Bertz CT molecular complexity index is 1080. The summed E-state index contributed by atoms with van der Waals surface area (Å²) in [6.45, 7) is 3.93. The second-order valence-electron chi connectivity index (χ2n) is 7.55. The first-order valence-electron chi connectivity index (χ1n) is 10.2. The van der Waals surface area contributed by atoms with Crippen LogP contribution in [0.25, 0.3) is 11.3 Å². The van der Waals surface area contributed by atoms with E-state index in [0.717, 1.165) is 30.9 Å². The summed E-state index contributed by atoms with van der Waals surface area (Å²) >= 11 is 0. The van der Waals surface area contributed by atoms with Gasteiger partial charge in [0.15, 0.2) is 0 Å². The van der Waals surface area contributed by atoms with Crippen molar-refractivity contribution in [3.8, 4) is 11.3 Å². The Balaban J connectivity index is 1.60. The van der Waals surface area contributed by atoms with Crippen LogP contribution in [0.2, 0.25) is 0 Å². The van der Waals surface area contributed by atoms with Gasteiger partial charge < -0.3 is 9.64 Å². The molecule has 6 nitrogen and oxygen atoms in total. The standard InChI is InChI=1S/C23H24N4O2/c1-2-26-21(28)15-19(17-9-11-24-12-10-17)25-23(26)27-13-14-29-22-18-6-4-3-5-16(18)7-8-20(22)27/h3-6,9-12,15,20,22H,2,7-8,13-14H2,1H3/t20-,22+/m1/s1. The number of nitrogens with zero attached hydrogens (tertiary/aromatic N) is 4. The highest BCUT2D eigenvalue weighted by Gasteiger charge is 2.39. The average molecular weight is 388 g/mol. The number of aryl methyl sites for hydroxylation is 1. The third kappa shape index (κ3) is 3.13. The molecule has 148 valence electrons. The highest BCUT2D eigenvalue weighted by Crippen LogP contribution is 2.39. The van der Waals surface area contributed by atoms with E-state index in [-0.39, 0.29) is 17.7 Å². The van der Waals surface area contributed by atoms with Crippen molar-refractivity contribution >= 4 is 5.95 Å². The Hall–Kier alpha value is -2.99. The van der Waals surface area contributed by atoms with Crippen LogP contribution < -0.4 is 10.5 Å². The van der Waals surface area contributed by atoms with E-state index in [1.54, 1.807) is 23.0 Å². The molecule has 29 heavy (non-hydrogen) atoms. The first-order valence-corrected chi connectivity index (χ1v) is 10.2. The van der Waals surface area contributed by atoms with Crippen LogP contribution in [0.4, 0.5) is 5.95 Å². The van der Waals surface area contributed by atoms with Crippen molar-refractivity contribution in [1.82, 2.24) is 14.5 Å². The molecule has 1 aliphatic heterocycles. The molecule has 1 aliphatic carbocycles. The number of anilines is 1. The molecule has 5 rings (SSSR count). The van der Waals surface area contributed by atoms with Gasteiger partial charge in [-0.15, -0.1) is 0 Å². The largest absolute Gasteiger partial charge is 0.370 e. The van der Waals surface area contributed by atoms with Gasteiger partial charge in [0, 0.05) is 37.1 Å². The van der Waals surface area contributed by atoms with E-state index in [4.69, 9.17) is 9.72 Å². The normalized spacial score (nSPS) is 20.8. The Kier molecular flexibility index (Phi) is 4.64. The van der Waals surface area contributed by atoms with Gasteiger partial charge in [-0.1, -0.05) is 24.3 Å². The number of morpholine rings is 1. The summed E-state index contributed by atoms with van der Waals surface area (Å²) in [4.78, 5) is 24.2. The number of fused-ring (bicyclic) bond motifs is 3. The van der Waals surface area contributed by atoms with Crippen molar-refractivity contribution in [3.63, 3.8) is 0 Å². The van der Waals surface area contributed by atoms with Gasteiger partial charge in [-0.25, -0.2) is 4.98 Å². The minimum Gasteiger partial charge on any atom is -0.370 e. The second kappa shape index (κ2) is 7.44. The van der Waals surface area contributed by atoms with Crippen molar-refractivity contribution in [1.29, 1.82) is 0 Å². The zero-order chi connectivity index (χ0) is 19.8. The highest BCUT2D eigenvalue weighted by atomic mass is 16.5. The summed E-state index contributed by atoms with van der Waals surface area (Å²) in [5, 5.41) is 0. The molecule has 2 aliphatic rings. The average Bonchev–Trinajstić information content (AvgIpc) is 2.78. The number of pyridine rings is 1. The van der Waals surface area contributed by atoms with Crippen LogP contribution in [-0.4, -0.2) is 33.7 Å². The van der Waals surface area contributed by atoms with Gasteiger partial charge >= 0.3 is 0 Å². The summed E-state index contributed by atoms with van der Waals surface area (Å²) in [6, 6.07) is 14.1. The lowest BCUT2D eigenvalue weighted by molar-refractivity contribution is 0.00170. The van der Waals surface area contributed by atoms with Gasteiger partial charge in [0.2, 0.25) is 5.95 Å². The zero-order valence-electron chi connectivity index (χ0n) is 16.5. The molecule has 0 amide bonds. The summed E-state index contributed by atoms with van der Waals surface area (Å²) in [5.74, 6) is 0.740. The van der Waals surface area contributed by atoms with E-state index in [1.807, 2.05) is 19.1 Å². The van der Waals surface area contributed by atoms with Crippen LogP contribution in [0, 0.1) is 0 Å². The summed E-state index contributed by atoms with van der Waals surface area (Å²) in [6.07, 6.45) is 5.47. The molecule has 3 aromatic rings. The van der Waals surface area contributed by atoms with Crippen molar-refractivity contribution in [2.45, 2.75) is 38.5 Å². The van der Waals surface area contributed by atoms with Crippen molar-refractivity contribution in [2.75, 3.05) is 18.1 Å². The molecule has 6 heteroatoms. The molecule has 0 radical (unpaired) electrons. The third-order valence-electron chi connectivity index (χ3n) is 5.99. The molecule has 1 saturated heterocycles. The Morgan fingerprint density at radius 1 is 1.17 bits per heavy atom. The van der Waals surface area contributed by atoms with Crippen molar-refractivity contribution < 1.29 is 4.74 Å². The van der Waals surface area contributed by atoms with Crippen LogP contribution in [-0.2, 0) is 17.7 Å². The molecule has 2 atom stereocenters. The second-order valence-corrected chi connectivity index (χ2v) is 7.55. The third-order valence-corrected chi connectivity index (χ3v) is 5.99. The molecule has 0 saturated carbocycles. The number of hydrogen-bond acceptors (Lipinski definition) is 5. The van der Waals surface area contributed by atoms with Crippen LogP contribution >= 0.6 is 0 Å². The topological polar surface area (TPSA) is 60.2 Å². The summed E-state index contributed by atoms with van der Waals surface area (Å²) in [5.41, 5.74) is 4.20. The monoisotopic (exact) mass is 388 g/mol. The number of ether oxygens (including phenoxy) is 1. The van der Waals surface area contributed by atoms with E-state index in [1.165, 1.54) is 11.1 Å². The Morgan fingerprint density at radius 3 is 2.83 bits per heavy atom. The first kappa shape index (κ1) is 18.1. The fourth-order valence-corrected chi connectivity index (χ4v) is 4.59. The van der Waals surface area contributed by atoms with Crippen LogP contribution in [0.3, 0.4) is 0 Å². The predicted molar refractivity (Wildman–Crippen MR) is 112 cm³/mol. The number of benzene rings is 1. The molecule has 0 bridgehead atoms. The van der Waals surface area contributed by atoms with Gasteiger partial charge in [-0.3, -0.25) is 14.3 Å². The van der Waals surface area contributed by atoms with E-state index in [9.17, 15) is 4.79 Å². The van der Waals surface area contributed by atoms with Crippen molar-refractivity contribution in [3.05, 3.63) is 76.3 Å². The molecule has 1 fully saturated rings. The maximum Gasteiger partial charge on any atom is 0.255 e. The van der Waals surface area contributed by atoms with E-state index in [2.05, 4.69) is 34.1 Å². The minimum absolute atomic E-state index is 0.0143. The number of rotatable bonds is 3. The Labute approximate surface area is 169 Å². The van der Waals surface area contributed by atoms with Crippen molar-refractivity contribution in [2.24, 2.45) is 0 Å². The summed E-state index contributed by atoms with van der Waals surface area (Å²) in [7, 11) is 0. The van der Waals surface area contributed by atoms with Gasteiger partial charge in [-0.2, -0.15) is 0 Å². The fraction of sp³-hybridized carbons (Fsp3) is 0.348. The predicted octanol–water partition coefficient (Wildman–Crippen LogP) is 3.22. The van der Waals surface area contributed by atoms with Gasteiger partial charge in [-0.05, 0) is 43.0 Å². The highest BCUT2D eigenvalue weighted by molar-refractivity contribution is 5.60. The molecule has 0 spiro atoms. The fourth-order valence-electron chi connectivity index (χ4n) is 4.59. The zero-order valence-corrected chi connectivity index (χ0v) is 16.5. The van der Waals surface area contributed by atoms with Gasteiger partial charge in [0.05, 0.1) is 18.3 Å². The molecule has 0 N–H and O–H groups in total. The molecule has 2 aromatic heterocycles. The van der Waals surface area contributed by atoms with Crippen LogP contribution in [0.15, 0.2) is 59.7 Å². The van der Waals surface area contributed by atoms with Crippen LogP contribution in [0.5, 0.6) is 0 Å². The maximum absolute atomic E-state index is 12.9. The lowest BCUT2D eigenvalue weighted by atomic mass is 9.84. The minimum atomic E-state index is -0.0245. The molecular weight excluding hydrogens is 364 g/mol. The molecule has 1 aromatic carbocycles. The molecule has 3 heterocycles. The quantitative estimate of drug-likeness (QED) is 0.690. The SMILES string of the molecule is CCn1c(N2CCO[C@H]3c4ccccc4CC[C@H]32)nc(-c2ccncc2)cc1=O. The Morgan fingerprint density at radius 2 is 2.00 bits per heavy atom. The van der Waals surface area contributed by atoms with Crippen LogP contribution in [0.1, 0.15) is 30.6 Å². The van der Waals surface area contributed by atoms with Gasteiger partial charge in [0.1, 0.15) is 6.10 Å².